The van der Waals surface area contributed by atoms with Gasteiger partial charge in [0.05, 0.1) is 12.3 Å². The van der Waals surface area contributed by atoms with Crippen LogP contribution < -0.4 is 4.74 Å². The van der Waals surface area contributed by atoms with Crippen LogP contribution in [0.3, 0.4) is 0 Å². The van der Waals surface area contributed by atoms with Crippen molar-refractivity contribution in [2.24, 2.45) is 0 Å². The number of rotatable bonds is 3. The Hall–Kier alpha value is -1.84. The smallest absolute Gasteiger partial charge is 0.213 e. The van der Waals surface area contributed by atoms with Crippen molar-refractivity contribution in [1.29, 1.82) is 0 Å². The minimum Gasteiger partial charge on any atom is -0.478 e. The van der Waals surface area contributed by atoms with Gasteiger partial charge in [-0.25, -0.2) is 4.98 Å². The van der Waals surface area contributed by atoms with Gasteiger partial charge in [-0.05, 0) is 38.3 Å². The van der Waals surface area contributed by atoms with Gasteiger partial charge in [0.1, 0.15) is 0 Å². The third-order valence-electron chi connectivity index (χ3n) is 3.24. The maximum Gasteiger partial charge on any atom is 0.213 e. The van der Waals surface area contributed by atoms with Crippen LogP contribution >= 0.6 is 0 Å². The van der Waals surface area contributed by atoms with Crippen LogP contribution in [0.25, 0.3) is 11.3 Å². The molecule has 0 saturated heterocycles. The summed E-state index contributed by atoms with van der Waals surface area (Å²) in [5.41, 5.74) is 3.44. The molecule has 0 bridgehead atoms. The molecule has 0 aliphatic carbocycles. The summed E-state index contributed by atoms with van der Waals surface area (Å²) in [5, 5.41) is 4.66. The lowest BCUT2D eigenvalue weighted by Crippen LogP contribution is -2.10. The summed E-state index contributed by atoms with van der Waals surface area (Å²) >= 11 is 0. The zero-order valence-electron chi connectivity index (χ0n) is 10.6. The highest BCUT2D eigenvalue weighted by molar-refractivity contribution is 5.60. The van der Waals surface area contributed by atoms with Crippen LogP contribution in [0.2, 0.25) is 0 Å². The first-order valence-corrected chi connectivity index (χ1v) is 6.53. The van der Waals surface area contributed by atoms with Gasteiger partial charge in [-0.2, -0.15) is 5.10 Å². The molecule has 0 amide bonds. The summed E-state index contributed by atoms with van der Waals surface area (Å²) in [4.78, 5) is 4.18. The average Bonchev–Trinajstić information content (AvgIpc) is 2.83. The predicted octanol–water partition coefficient (Wildman–Crippen LogP) is 2.68. The molecule has 18 heavy (non-hydrogen) atoms. The van der Waals surface area contributed by atoms with Crippen molar-refractivity contribution in [3.63, 3.8) is 0 Å². The highest BCUT2D eigenvalue weighted by Crippen LogP contribution is 2.24. The molecule has 94 valence electrons. The largest absolute Gasteiger partial charge is 0.478 e. The Morgan fingerprint density at radius 1 is 1.33 bits per heavy atom. The number of nitrogens with zero attached hydrogens (tertiary/aromatic N) is 3. The van der Waals surface area contributed by atoms with Gasteiger partial charge in [-0.15, -0.1) is 0 Å². The monoisotopic (exact) mass is 243 g/mol. The molecule has 1 aliphatic rings. The normalized spacial score (nSPS) is 14.3. The second-order valence-corrected chi connectivity index (χ2v) is 4.52. The van der Waals surface area contributed by atoms with Crippen molar-refractivity contribution in [2.75, 3.05) is 6.61 Å². The molecule has 1 aliphatic heterocycles. The van der Waals surface area contributed by atoms with E-state index in [1.165, 1.54) is 18.5 Å². The van der Waals surface area contributed by atoms with Crippen molar-refractivity contribution in [3.05, 3.63) is 30.1 Å². The Balaban J connectivity index is 1.94. The number of ether oxygens (including phenoxy) is 1. The van der Waals surface area contributed by atoms with E-state index in [1.807, 2.05) is 19.1 Å². The Bertz CT molecular complexity index is 524. The molecule has 2 aromatic rings. The van der Waals surface area contributed by atoms with Gasteiger partial charge in [-0.1, -0.05) is 0 Å². The summed E-state index contributed by atoms with van der Waals surface area (Å²) in [7, 11) is 0. The SMILES string of the molecule is CCOc1cc(-c2cc3n(n2)CCCC3)ccn1. The lowest BCUT2D eigenvalue weighted by Gasteiger charge is -2.11. The molecule has 3 heterocycles. The molecule has 0 saturated carbocycles. The molecule has 0 N–H and O–H groups in total. The van der Waals surface area contributed by atoms with Crippen LogP contribution in [0.1, 0.15) is 25.5 Å². The molecular formula is C14H17N3O. The topological polar surface area (TPSA) is 39.9 Å². The fourth-order valence-electron chi connectivity index (χ4n) is 2.35. The lowest BCUT2D eigenvalue weighted by atomic mass is 10.1. The third-order valence-corrected chi connectivity index (χ3v) is 3.24. The standard InChI is InChI=1S/C14H17N3O/c1-2-18-14-9-11(6-7-15-14)13-10-12-5-3-4-8-17(12)16-13/h6-7,9-10H,2-5,8H2,1H3. The number of aryl methyl sites for hydroxylation is 2. The molecule has 2 aromatic heterocycles. The minimum absolute atomic E-state index is 0.635. The van der Waals surface area contributed by atoms with E-state index in [2.05, 4.69) is 20.8 Å². The van der Waals surface area contributed by atoms with Crippen LogP contribution in [-0.2, 0) is 13.0 Å². The maximum absolute atomic E-state index is 5.42. The van der Waals surface area contributed by atoms with E-state index in [4.69, 9.17) is 4.74 Å². The minimum atomic E-state index is 0.635. The number of hydrogen-bond acceptors (Lipinski definition) is 3. The van der Waals surface area contributed by atoms with E-state index in [-0.39, 0.29) is 0 Å². The van der Waals surface area contributed by atoms with E-state index in [1.54, 1.807) is 6.20 Å². The quantitative estimate of drug-likeness (QED) is 0.832. The fraction of sp³-hybridized carbons (Fsp3) is 0.429. The molecule has 0 unspecified atom stereocenters. The van der Waals surface area contributed by atoms with Crippen molar-refractivity contribution in [3.8, 4) is 17.1 Å². The first-order valence-electron chi connectivity index (χ1n) is 6.53. The number of fused-ring (bicyclic) bond motifs is 1. The van der Waals surface area contributed by atoms with Crippen LogP contribution in [0.15, 0.2) is 24.4 Å². The first kappa shape index (κ1) is 11.3. The molecule has 4 nitrogen and oxygen atoms in total. The van der Waals surface area contributed by atoms with Crippen molar-refractivity contribution >= 4 is 0 Å². The summed E-state index contributed by atoms with van der Waals surface area (Å²) < 4.78 is 7.55. The Morgan fingerprint density at radius 3 is 3.11 bits per heavy atom. The predicted molar refractivity (Wildman–Crippen MR) is 69.6 cm³/mol. The van der Waals surface area contributed by atoms with E-state index < -0.39 is 0 Å². The van der Waals surface area contributed by atoms with Crippen LogP contribution in [-0.4, -0.2) is 21.4 Å². The zero-order chi connectivity index (χ0) is 12.4. The van der Waals surface area contributed by atoms with Crippen molar-refractivity contribution in [2.45, 2.75) is 32.7 Å². The Morgan fingerprint density at radius 2 is 2.28 bits per heavy atom. The highest BCUT2D eigenvalue weighted by atomic mass is 16.5. The second-order valence-electron chi connectivity index (χ2n) is 4.52. The van der Waals surface area contributed by atoms with Gasteiger partial charge >= 0.3 is 0 Å². The lowest BCUT2D eigenvalue weighted by molar-refractivity contribution is 0.327. The molecule has 0 aromatic carbocycles. The van der Waals surface area contributed by atoms with Gasteiger partial charge in [-0.3, -0.25) is 4.68 Å². The van der Waals surface area contributed by atoms with Crippen molar-refractivity contribution in [1.82, 2.24) is 14.8 Å². The molecule has 4 heteroatoms. The number of aromatic nitrogens is 3. The third kappa shape index (κ3) is 2.10. The number of pyridine rings is 1. The average molecular weight is 243 g/mol. The van der Waals surface area contributed by atoms with Gasteiger partial charge < -0.3 is 4.74 Å². The number of hydrogen-bond donors (Lipinski definition) is 0. The second kappa shape index (κ2) is 4.80. The Labute approximate surface area is 107 Å². The molecule has 0 radical (unpaired) electrons. The van der Waals surface area contributed by atoms with E-state index in [9.17, 15) is 0 Å². The zero-order valence-corrected chi connectivity index (χ0v) is 10.6. The van der Waals surface area contributed by atoms with Gasteiger partial charge in [0.2, 0.25) is 5.88 Å². The molecule has 0 spiro atoms. The maximum atomic E-state index is 5.42. The summed E-state index contributed by atoms with van der Waals surface area (Å²) in [6.45, 7) is 3.64. The van der Waals surface area contributed by atoms with E-state index in [0.29, 0.717) is 12.5 Å². The van der Waals surface area contributed by atoms with Gasteiger partial charge in [0.25, 0.3) is 0 Å². The van der Waals surface area contributed by atoms with E-state index in [0.717, 1.165) is 24.2 Å². The van der Waals surface area contributed by atoms with Gasteiger partial charge in [0.15, 0.2) is 0 Å². The van der Waals surface area contributed by atoms with Gasteiger partial charge in [0, 0.05) is 30.1 Å². The summed E-state index contributed by atoms with van der Waals surface area (Å²) in [5.74, 6) is 0.668. The molecular weight excluding hydrogens is 226 g/mol. The van der Waals surface area contributed by atoms with Crippen LogP contribution in [0.4, 0.5) is 0 Å². The first-order chi connectivity index (χ1) is 8.86. The molecule has 0 fully saturated rings. The highest BCUT2D eigenvalue weighted by Gasteiger charge is 2.13. The fourth-order valence-corrected chi connectivity index (χ4v) is 2.35. The van der Waals surface area contributed by atoms with Crippen LogP contribution in [0.5, 0.6) is 5.88 Å². The Kier molecular flexibility index (Phi) is 3.00. The van der Waals surface area contributed by atoms with E-state index >= 15 is 0 Å². The summed E-state index contributed by atoms with van der Waals surface area (Å²) in [6, 6.07) is 6.12. The molecule has 0 atom stereocenters. The summed E-state index contributed by atoms with van der Waals surface area (Å²) in [6.07, 6.45) is 5.41. The van der Waals surface area contributed by atoms with Crippen molar-refractivity contribution < 1.29 is 4.74 Å². The van der Waals surface area contributed by atoms with Crippen LogP contribution in [0, 0.1) is 0 Å². The molecule has 3 rings (SSSR count).